The molecule has 18 heavy (non-hydrogen) atoms. The summed E-state index contributed by atoms with van der Waals surface area (Å²) < 4.78 is 11.2. The topological polar surface area (TPSA) is 35.5 Å². The number of hydrogen-bond donors (Lipinski definition) is 0. The Hall–Kier alpha value is -1.03. The number of Topliss-reactive ketones (excluding diaryl/α,β-unsaturated/α-hetero) is 1. The third-order valence-corrected chi connectivity index (χ3v) is 4.09. The number of ketones is 1. The average molecular weight is 313 g/mol. The Kier molecular flexibility index (Phi) is 4.27. The van der Waals surface area contributed by atoms with Crippen molar-refractivity contribution in [1.29, 1.82) is 0 Å². The van der Waals surface area contributed by atoms with Gasteiger partial charge < -0.3 is 9.47 Å². The van der Waals surface area contributed by atoms with Gasteiger partial charge in [-0.2, -0.15) is 0 Å². The van der Waals surface area contributed by atoms with Crippen molar-refractivity contribution in [3.63, 3.8) is 0 Å². The predicted octanol–water partition coefficient (Wildman–Crippen LogP) is 3.84. The highest BCUT2D eigenvalue weighted by atomic mass is 79.9. The lowest BCUT2D eigenvalue weighted by molar-refractivity contribution is 0.0932. The molecule has 2 rings (SSSR count). The molecular weight excluding hydrogens is 296 g/mol. The van der Waals surface area contributed by atoms with Crippen molar-refractivity contribution in [1.82, 2.24) is 0 Å². The molecule has 1 aromatic carbocycles. The van der Waals surface area contributed by atoms with Gasteiger partial charge in [-0.1, -0.05) is 19.3 Å². The monoisotopic (exact) mass is 312 g/mol. The van der Waals surface area contributed by atoms with Crippen molar-refractivity contribution in [2.45, 2.75) is 25.7 Å². The van der Waals surface area contributed by atoms with Crippen LogP contribution < -0.4 is 9.47 Å². The predicted molar refractivity (Wildman–Crippen MR) is 73.5 cm³/mol. The Bertz CT molecular complexity index is 453. The first-order chi connectivity index (χ1) is 8.65. The molecule has 0 atom stereocenters. The standard InChI is InChI=1S/C14H17BrO3/c1-17-10-7-11(15)14(13(8-10)18-2)12(16)6-9-4-3-5-9/h7-9H,3-6H2,1-2H3. The van der Waals surface area contributed by atoms with Gasteiger partial charge in [-0.05, 0) is 27.9 Å². The van der Waals surface area contributed by atoms with Gasteiger partial charge in [-0.3, -0.25) is 4.79 Å². The summed E-state index contributed by atoms with van der Waals surface area (Å²) in [6.45, 7) is 0. The number of carbonyl (C=O) groups is 1. The maximum atomic E-state index is 12.3. The van der Waals surface area contributed by atoms with E-state index in [0.717, 1.165) is 4.47 Å². The Morgan fingerprint density at radius 3 is 2.56 bits per heavy atom. The van der Waals surface area contributed by atoms with Crippen LogP contribution in [0, 0.1) is 5.92 Å². The number of halogens is 1. The second kappa shape index (κ2) is 5.74. The Balaban J connectivity index is 2.26. The van der Waals surface area contributed by atoms with Crippen LogP contribution in [0.15, 0.2) is 16.6 Å². The van der Waals surface area contributed by atoms with E-state index in [0.29, 0.717) is 29.4 Å². The third kappa shape index (κ3) is 2.69. The number of carbonyl (C=O) groups excluding carboxylic acids is 1. The Labute approximate surface area is 116 Å². The molecule has 1 aromatic rings. The molecule has 0 radical (unpaired) electrons. The van der Waals surface area contributed by atoms with Gasteiger partial charge in [0, 0.05) is 17.0 Å². The molecule has 0 bridgehead atoms. The molecule has 0 unspecified atom stereocenters. The first-order valence-corrected chi connectivity index (χ1v) is 6.89. The number of hydrogen-bond acceptors (Lipinski definition) is 3. The van der Waals surface area contributed by atoms with Crippen LogP contribution in [0.2, 0.25) is 0 Å². The van der Waals surface area contributed by atoms with Crippen LogP contribution in [0.4, 0.5) is 0 Å². The zero-order chi connectivity index (χ0) is 13.1. The molecule has 1 fully saturated rings. The fourth-order valence-corrected chi connectivity index (χ4v) is 2.81. The van der Waals surface area contributed by atoms with E-state index in [1.807, 2.05) is 0 Å². The van der Waals surface area contributed by atoms with Crippen molar-refractivity contribution in [3.05, 3.63) is 22.2 Å². The summed E-state index contributed by atoms with van der Waals surface area (Å²) in [5, 5.41) is 0. The summed E-state index contributed by atoms with van der Waals surface area (Å²) in [5.41, 5.74) is 0.630. The van der Waals surface area contributed by atoms with Gasteiger partial charge in [-0.25, -0.2) is 0 Å². The van der Waals surface area contributed by atoms with E-state index >= 15 is 0 Å². The molecule has 0 aliphatic heterocycles. The molecule has 3 nitrogen and oxygen atoms in total. The summed E-state index contributed by atoms with van der Waals surface area (Å²) in [6.07, 6.45) is 4.20. The van der Waals surface area contributed by atoms with Gasteiger partial charge in [0.25, 0.3) is 0 Å². The second-order valence-electron chi connectivity index (χ2n) is 4.61. The highest BCUT2D eigenvalue weighted by Crippen LogP contribution is 2.36. The first kappa shape index (κ1) is 13.4. The lowest BCUT2D eigenvalue weighted by Crippen LogP contribution is -2.16. The molecule has 98 valence electrons. The molecule has 1 aliphatic rings. The van der Waals surface area contributed by atoms with Crippen LogP contribution in [0.3, 0.4) is 0 Å². The molecule has 0 saturated heterocycles. The molecular formula is C14H17BrO3. The van der Waals surface area contributed by atoms with E-state index in [1.54, 1.807) is 26.4 Å². The Morgan fingerprint density at radius 2 is 2.06 bits per heavy atom. The van der Waals surface area contributed by atoms with Gasteiger partial charge in [-0.15, -0.1) is 0 Å². The molecule has 1 saturated carbocycles. The number of methoxy groups -OCH3 is 2. The SMILES string of the molecule is COc1cc(Br)c(C(=O)CC2CCC2)c(OC)c1. The summed E-state index contributed by atoms with van der Waals surface area (Å²) in [5.74, 6) is 1.95. The lowest BCUT2D eigenvalue weighted by Gasteiger charge is -2.25. The van der Waals surface area contributed by atoms with Crippen molar-refractivity contribution in [3.8, 4) is 11.5 Å². The first-order valence-electron chi connectivity index (χ1n) is 6.10. The van der Waals surface area contributed by atoms with Gasteiger partial charge in [0.05, 0.1) is 19.8 Å². The Morgan fingerprint density at radius 1 is 1.33 bits per heavy atom. The van der Waals surface area contributed by atoms with Gasteiger partial charge in [0.1, 0.15) is 11.5 Å². The van der Waals surface area contributed by atoms with Gasteiger partial charge in [0.15, 0.2) is 5.78 Å². The van der Waals surface area contributed by atoms with Crippen LogP contribution in [0.1, 0.15) is 36.0 Å². The minimum absolute atomic E-state index is 0.145. The van der Waals surface area contributed by atoms with Crippen LogP contribution in [-0.2, 0) is 0 Å². The largest absolute Gasteiger partial charge is 0.497 e. The van der Waals surface area contributed by atoms with E-state index in [2.05, 4.69) is 15.9 Å². The summed E-state index contributed by atoms with van der Waals surface area (Å²) in [4.78, 5) is 12.3. The summed E-state index contributed by atoms with van der Waals surface area (Å²) >= 11 is 3.43. The van der Waals surface area contributed by atoms with Crippen LogP contribution in [-0.4, -0.2) is 20.0 Å². The molecule has 4 heteroatoms. The van der Waals surface area contributed by atoms with E-state index in [-0.39, 0.29) is 5.78 Å². The zero-order valence-electron chi connectivity index (χ0n) is 10.7. The number of ether oxygens (including phenoxy) is 2. The molecule has 1 aliphatic carbocycles. The zero-order valence-corrected chi connectivity index (χ0v) is 12.2. The lowest BCUT2D eigenvalue weighted by atomic mass is 9.81. The smallest absolute Gasteiger partial charge is 0.168 e. The van der Waals surface area contributed by atoms with E-state index in [4.69, 9.17) is 9.47 Å². The molecule has 0 aromatic heterocycles. The second-order valence-corrected chi connectivity index (χ2v) is 5.47. The minimum atomic E-state index is 0.145. The maximum Gasteiger partial charge on any atom is 0.168 e. The van der Waals surface area contributed by atoms with Gasteiger partial charge >= 0.3 is 0 Å². The van der Waals surface area contributed by atoms with Crippen LogP contribution in [0.25, 0.3) is 0 Å². The number of rotatable bonds is 5. The fraction of sp³-hybridized carbons (Fsp3) is 0.500. The van der Waals surface area contributed by atoms with Crippen molar-refractivity contribution in [2.24, 2.45) is 5.92 Å². The number of benzene rings is 1. The quantitative estimate of drug-likeness (QED) is 0.775. The van der Waals surface area contributed by atoms with Crippen molar-refractivity contribution in [2.75, 3.05) is 14.2 Å². The fourth-order valence-electron chi connectivity index (χ4n) is 2.17. The highest BCUT2D eigenvalue weighted by molar-refractivity contribution is 9.10. The van der Waals surface area contributed by atoms with Crippen molar-refractivity contribution >= 4 is 21.7 Å². The molecule has 0 spiro atoms. The average Bonchev–Trinajstić information content (AvgIpc) is 2.32. The van der Waals surface area contributed by atoms with Crippen molar-refractivity contribution < 1.29 is 14.3 Å². The highest BCUT2D eigenvalue weighted by Gasteiger charge is 2.25. The minimum Gasteiger partial charge on any atom is -0.497 e. The van der Waals surface area contributed by atoms with E-state index < -0.39 is 0 Å². The molecule has 0 N–H and O–H groups in total. The van der Waals surface area contributed by atoms with E-state index in [1.165, 1.54) is 19.3 Å². The van der Waals surface area contributed by atoms with Crippen LogP contribution >= 0.6 is 15.9 Å². The maximum absolute atomic E-state index is 12.3. The molecule has 0 amide bonds. The van der Waals surface area contributed by atoms with Gasteiger partial charge in [0.2, 0.25) is 0 Å². The normalized spacial score (nSPS) is 15.1. The summed E-state index contributed by atoms with van der Waals surface area (Å²) in [7, 11) is 3.17. The molecule has 0 heterocycles. The summed E-state index contributed by atoms with van der Waals surface area (Å²) in [6, 6.07) is 3.55. The van der Waals surface area contributed by atoms with Crippen LogP contribution in [0.5, 0.6) is 11.5 Å². The van der Waals surface area contributed by atoms with E-state index in [9.17, 15) is 4.79 Å². The third-order valence-electron chi connectivity index (χ3n) is 3.46.